The molecule has 2 aliphatic heterocycles. The molecule has 1 fully saturated rings. The molecule has 0 aliphatic carbocycles. The third-order valence-electron chi connectivity index (χ3n) is 5.38. The molecule has 0 atom stereocenters. The van der Waals surface area contributed by atoms with Gasteiger partial charge in [-0.05, 0) is 12.1 Å². The molecule has 34 heavy (non-hydrogen) atoms. The maximum Gasteiger partial charge on any atom is 0.345 e. The summed E-state index contributed by atoms with van der Waals surface area (Å²) >= 11 is 0. The first-order valence-corrected chi connectivity index (χ1v) is 11.8. The number of sulfonamides is 1. The highest BCUT2D eigenvalue weighted by Gasteiger charge is 2.31. The lowest BCUT2D eigenvalue weighted by Crippen LogP contribution is -2.51. The molecule has 2 aromatic carbocycles. The van der Waals surface area contributed by atoms with E-state index in [1.165, 1.54) is 21.3 Å². The average molecular weight is 491 g/mol. The van der Waals surface area contributed by atoms with E-state index < -0.39 is 39.1 Å². The fourth-order valence-electron chi connectivity index (χ4n) is 3.61. The van der Waals surface area contributed by atoms with E-state index in [0.29, 0.717) is 0 Å². The van der Waals surface area contributed by atoms with Gasteiger partial charge in [-0.15, -0.1) is 0 Å². The van der Waals surface area contributed by atoms with E-state index >= 15 is 0 Å². The topological polar surface area (TPSA) is 146 Å². The Morgan fingerprint density at radius 1 is 1.00 bits per heavy atom. The number of esters is 1. The lowest BCUT2D eigenvalue weighted by molar-refractivity contribution is -0.385. The number of ether oxygens (including phenoxy) is 3. The van der Waals surface area contributed by atoms with E-state index in [1.54, 1.807) is 18.2 Å². The number of amides is 1. The highest BCUT2D eigenvalue weighted by Crippen LogP contribution is 2.36. The van der Waals surface area contributed by atoms with Crippen LogP contribution in [0.25, 0.3) is 0 Å². The highest BCUT2D eigenvalue weighted by molar-refractivity contribution is 7.89. The smallest absolute Gasteiger partial charge is 0.345 e. The summed E-state index contributed by atoms with van der Waals surface area (Å²) in [6.07, 6.45) is 0. The van der Waals surface area contributed by atoms with Crippen molar-refractivity contribution in [3.63, 3.8) is 0 Å². The van der Waals surface area contributed by atoms with Crippen LogP contribution in [-0.4, -0.2) is 80.4 Å². The van der Waals surface area contributed by atoms with E-state index in [9.17, 15) is 28.1 Å². The number of fused-ring (bicyclic) bond motifs is 1. The van der Waals surface area contributed by atoms with Crippen molar-refractivity contribution in [1.82, 2.24) is 9.21 Å². The van der Waals surface area contributed by atoms with Crippen molar-refractivity contribution < 1.29 is 37.1 Å². The highest BCUT2D eigenvalue weighted by atomic mass is 32.2. The summed E-state index contributed by atoms with van der Waals surface area (Å²) in [5.41, 5.74) is -0.887. The van der Waals surface area contributed by atoms with E-state index in [0.717, 1.165) is 12.1 Å². The second kappa shape index (κ2) is 9.65. The summed E-state index contributed by atoms with van der Waals surface area (Å²) in [6, 6.07) is 10.2. The summed E-state index contributed by atoms with van der Waals surface area (Å²) in [7, 11) is -3.67. The zero-order valence-electron chi connectivity index (χ0n) is 17.9. The van der Waals surface area contributed by atoms with E-state index in [1.807, 2.05) is 0 Å². The van der Waals surface area contributed by atoms with Crippen molar-refractivity contribution in [2.45, 2.75) is 4.90 Å². The number of hydrogen-bond acceptors (Lipinski definition) is 9. The molecule has 0 unspecified atom stereocenters. The third-order valence-corrected chi connectivity index (χ3v) is 7.29. The summed E-state index contributed by atoms with van der Waals surface area (Å²) in [5.74, 6) is -1.27. The average Bonchev–Trinajstić information content (AvgIpc) is 2.86. The van der Waals surface area contributed by atoms with Gasteiger partial charge in [0, 0.05) is 32.2 Å². The summed E-state index contributed by atoms with van der Waals surface area (Å²) in [5, 5.41) is 11.4. The van der Waals surface area contributed by atoms with Gasteiger partial charge in [0.25, 0.3) is 11.6 Å². The molecule has 0 aromatic heterocycles. The third kappa shape index (κ3) is 4.79. The van der Waals surface area contributed by atoms with Crippen LogP contribution in [0.5, 0.6) is 11.5 Å². The molecule has 1 amide bonds. The first-order valence-electron chi connectivity index (χ1n) is 10.4. The Morgan fingerprint density at radius 2 is 1.62 bits per heavy atom. The molecule has 0 saturated carbocycles. The minimum atomic E-state index is -3.67. The van der Waals surface area contributed by atoms with Crippen molar-refractivity contribution in [2.24, 2.45) is 0 Å². The number of piperazine rings is 1. The number of hydrogen-bond donors (Lipinski definition) is 0. The first kappa shape index (κ1) is 23.4. The van der Waals surface area contributed by atoms with Gasteiger partial charge in [-0.3, -0.25) is 14.9 Å². The lowest BCUT2D eigenvalue weighted by atomic mass is 10.1. The molecular formula is C21H21N3O9S. The molecule has 0 bridgehead atoms. The fourth-order valence-corrected chi connectivity index (χ4v) is 5.05. The van der Waals surface area contributed by atoms with Crippen LogP contribution in [0.2, 0.25) is 0 Å². The number of benzene rings is 2. The Balaban J connectivity index is 1.36. The molecule has 13 heteroatoms. The maximum absolute atomic E-state index is 12.7. The minimum Gasteiger partial charge on any atom is -0.486 e. The van der Waals surface area contributed by atoms with Gasteiger partial charge < -0.3 is 19.1 Å². The van der Waals surface area contributed by atoms with Crippen molar-refractivity contribution in [3.8, 4) is 11.5 Å². The molecule has 4 rings (SSSR count). The summed E-state index contributed by atoms with van der Waals surface area (Å²) in [4.78, 5) is 37.2. The summed E-state index contributed by atoms with van der Waals surface area (Å²) < 4.78 is 42.4. The Hall–Kier alpha value is -3.71. The minimum absolute atomic E-state index is 0.0878. The van der Waals surface area contributed by atoms with Crippen molar-refractivity contribution in [2.75, 3.05) is 46.0 Å². The molecule has 12 nitrogen and oxygen atoms in total. The molecule has 0 radical (unpaired) electrons. The predicted octanol–water partition coefficient (Wildman–Crippen LogP) is 1.06. The normalized spacial score (nSPS) is 16.1. The van der Waals surface area contributed by atoms with Crippen LogP contribution >= 0.6 is 0 Å². The van der Waals surface area contributed by atoms with Crippen molar-refractivity contribution in [1.29, 1.82) is 0 Å². The van der Waals surface area contributed by atoms with E-state index in [-0.39, 0.29) is 61.4 Å². The van der Waals surface area contributed by atoms with Gasteiger partial charge in [0.1, 0.15) is 18.8 Å². The van der Waals surface area contributed by atoms with Crippen LogP contribution in [0.15, 0.2) is 47.4 Å². The van der Waals surface area contributed by atoms with Gasteiger partial charge >= 0.3 is 5.97 Å². The maximum atomic E-state index is 12.7. The Morgan fingerprint density at radius 3 is 2.24 bits per heavy atom. The molecule has 2 aromatic rings. The van der Waals surface area contributed by atoms with E-state index in [4.69, 9.17) is 14.2 Å². The van der Waals surface area contributed by atoms with Crippen molar-refractivity contribution in [3.05, 3.63) is 58.1 Å². The van der Waals surface area contributed by atoms with Gasteiger partial charge in [-0.1, -0.05) is 18.2 Å². The number of nitrogens with zero attached hydrogens (tertiary/aromatic N) is 3. The lowest BCUT2D eigenvalue weighted by Gasteiger charge is -2.33. The SMILES string of the molecule is O=C(OCC(=O)N1CCN(S(=O)(=O)c2ccccc2)CC1)c1cc2c(cc1[N+](=O)[O-])OCCO2. The Labute approximate surface area is 194 Å². The number of carbonyl (C=O) groups excluding carboxylic acids is 2. The largest absolute Gasteiger partial charge is 0.486 e. The number of carbonyl (C=O) groups is 2. The molecule has 180 valence electrons. The molecule has 2 aliphatic rings. The zero-order chi connectivity index (χ0) is 24.3. The van der Waals surface area contributed by atoms with Crippen LogP contribution in [0, 0.1) is 10.1 Å². The second-order valence-electron chi connectivity index (χ2n) is 7.44. The monoisotopic (exact) mass is 491 g/mol. The number of nitro groups is 1. The molecule has 0 spiro atoms. The molecule has 2 heterocycles. The molecule has 1 saturated heterocycles. The molecule has 0 N–H and O–H groups in total. The predicted molar refractivity (Wildman–Crippen MR) is 116 cm³/mol. The van der Waals surface area contributed by atoms with E-state index in [2.05, 4.69) is 0 Å². The number of nitro benzene ring substituents is 1. The van der Waals surface area contributed by atoms with Crippen LogP contribution in [0.4, 0.5) is 5.69 Å². The van der Waals surface area contributed by atoms with Crippen LogP contribution in [0.3, 0.4) is 0 Å². The first-order chi connectivity index (χ1) is 16.3. The fraction of sp³-hybridized carbons (Fsp3) is 0.333. The second-order valence-corrected chi connectivity index (χ2v) is 9.38. The molecular weight excluding hydrogens is 470 g/mol. The van der Waals surface area contributed by atoms with Gasteiger partial charge in [0.05, 0.1) is 15.9 Å². The van der Waals surface area contributed by atoms with Crippen LogP contribution < -0.4 is 9.47 Å². The summed E-state index contributed by atoms with van der Waals surface area (Å²) in [6.45, 7) is 0.219. The van der Waals surface area contributed by atoms with Crippen LogP contribution in [-0.2, 0) is 19.6 Å². The van der Waals surface area contributed by atoms with Gasteiger partial charge in [-0.2, -0.15) is 4.31 Å². The quantitative estimate of drug-likeness (QED) is 0.329. The standard InChI is InChI=1S/C21H21N3O9S/c25-20(22-6-8-23(9-7-22)34(29,30)15-4-2-1-3-5-15)14-33-21(26)16-12-18-19(32-11-10-31-18)13-17(16)24(27)28/h1-5,12-13H,6-11,14H2. The van der Waals surface area contributed by atoms with Gasteiger partial charge in [0.2, 0.25) is 10.0 Å². The number of rotatable bonds is 6. The van der Waals surface area contributed by atoms with Gasteiger partial charge in [-0.25, -0.2) is 13.2 Å². The van der Waals surface area contributed by atoms with Crippen LogP contribution in [0.1, 0.15) is 10.4 Å². The Kier molecular flexibility index (Phi) is 6.65. The zero-order valence-corrected chi connectivity index (χ0v) is 18.7. The Bertz CT molecular complexity index is 1210. The van der Waals surface area contributed by atoms with Crippen molar-refractivity contribution >= 4 is 27.6 Å². The van der Waals surface area contributed by atoms with Gasteiger partial charge in [0.15, 0.2) is 18.1 Å².